The number of nitrogen functional groups attached to an aromatic ring is 1. The number of rotatable bonds is 7. The lowest BCUT2D eigenvalue weighted by Gasteiger charge is -2.29. The number of hydrogen-bond donors (Lipinski definition) is 2. The molecule has 0 spiro atoms. The molecule has 0 aliphatic carbocycles. The van der Waals surface area contributed by atoms with Gasteiger partial charge in [0.15, 0.2) is 5.82 Å². The van der Waals surface area contributed by atoms with E-state index in [0.717, 1.165) is 0 Å². The predicted molar refractivity (Wildman–Crippen MR) is 79.6 cm³/mol. The van der Waals surface area contributed by atoms with Crippen molar-refractivity contribution in [1.29, 1.82) is 0 Å². The number of nitrogens with two attached hydrogens (primary N) is 1. The van der Waals surface area contributed by atoms with Crippen molar-refractivity contribution >= 4 is 15.8 Å². The maximum atomic E-state index is 12.7. The molecule has 0 radical (unpaired) electrons. The zero-order valence-corrected chi connectivity index (χ0v) is 13.2. The first-order chi connectivity index (χ1) is 9.34. The molecule has 0 saturated heterocycles. The van der Waals surface area contributed by atoms with Gasteiger partial charge in [-0.25, -0.2) is 19.2 Å². The Morgan fingerprint density at radius 1 is 1.45 bits per heavy atom. The third kappa shape index (κ3) is 3.66. The number of aromatic nitrogens is 1. The summed E-state index contributed by atoms with van der Waals surface area (Å²) in [4.78, 5) is 5.99. The first kappa shape index (κ1) is 16.8. The van der Waals surface area contributed by atoms with Gasteiger partial charge in [-0.1, -0.05) is 6.92 Å². The summed E-state index contributed by atoms with van der Waals surface area (Å²) in [5, 5.41) is 0. The Bertz CT molecular complexity index is 532. The van der Waals surface area contributed by atoms with Gasteiger partial charge in [0, 0.05) is 25.3 Å². The Morgan fingerprint density at radius 3 is 2.60 bits per heavy atom. The van der Waals surface area contributed by atoms with Crippen molar-refractivity contribution in [2.24, 2.45) is 5.84 Å². The molecule has 114 valence electrons. The maximum Gasteiger partial charge on any atom is 0.247 e. The average Bonchev–Trinajstić information content (AvgIpc) is 2.38. The van der Waals surface area contributed by atoms with E-state index >= 15 is 0 Å². The normalized spacial score (nSPS) is 13.8. The predicted octanol–water partition coefficient (Wildman–Crippen LogP) is 0.328. The third-order valence-electron chi connectivity index (χ3n) is 2.93. The summed E-state index contributed by atoms with van der Waals surface area (Å²) in [7, 11) is 0.184. The first-order valence-corrected chi connectivity index (χ1v) is 7.86. The Kier molecular flexibility index (Phi) is 5.88. The highest BCUT2D eigenvalue weighted by Crippen LogP contribution is 2.23. The summed E-state index contributed by atoms with van der Waals surface area (Å²) in [6.07, 6.45) is 1.49. The Hall–Kier alpha value is -1.22. The molecule has 0 saturated carbocycles. The van der Waals surface area contributed by atoms with E-state index in [1.165, 1.54) is 16.6 Å². The molecule has 7 nitrogen and oxygen atoms in total. The van der Waals surface area contributed by atoms with Crippen molar-refractivity contribution in [2.45, 2.75) is 24.8 Å². The van der Waals surface area contributed by atoms with E-state index < -0.39 is 10.0 Å². The molecule has 8 heteroatoms. The summed E-state index contributed by atoms with van der Waals surface area (Å²) in [5.74, 6) is 5.50. The lowest BCUT2D eigenvalue weighted by atomic mass is 10.3. The Balaban J connectivity index is 3.18. The highest BCUT2D eigenvalue weighted by atomic mass is 32.2. The van der Waals surface area contributed by atoms with Gasteiger partial charge >= 0.3 is 0 Å². The first-order valence-electron chi connectivity index (χ1n) is 6.42. The molecule has 1 rings (SSSR count). The van der Waals surface area contributed by atoms with Crippen molar-refractivity contribution in [2.75, 3.05) is 32.6 Å². The number of hydrogen-bond acceptors (Lipinski definition) is 6. The van der Waals surface area contributed by atoms with Crippen LogP contribution in [0.1, 0.15) is 13.8 Å². The van der Waals surface area contributed by atoms with Crippen LogP contribution in [-0.2, 0) is 10.0 Å². The molecule has 1 aromatic rings. The van der Waals surface area contributed by atoms with Crippen LogP contribution in [0.3, 0.4) is 0 Å². The Labute approximate surface area is 120 Å². The van der Waals surface area contributed by atoms with Gasteiger partial charge in [0.25, 0.3) is 0 Å². The van der Waals surface area contributed by atoms with E-state index in [9.17, 15) is 8.42 Å². The van der Waals surface area contributed by atoms with Crippen LogP contribution in [0.15, 0.2) is 23.2 Å². The second-order valence-electron chi connectivity index (χ2n) is 4.81. The number of nitrogens with one attached hydrogen (secondary N) is 1. The molecule has 1 aromatic heterocycles. The van der Waals surface area contributed by atoms with Gasteiger partial charge in [-0.3, -0.25) is 0 Å². The Morgan fingerprint density at radius 2 is 2.10 bits per heavy atom. The van der Waals surface area contributed by atoms with Gasteiger partial charge in [0.05, 0.1) is 0 Å². The summed E-state index contributed by atoms with van der Waals surface area (Å²) in [6.45, 7) is 4.72. The molecular weight excluding hydrogens is 278 g/mol. The molecule has 0 bridgehead atoms. The molecule has 0 aromatic carbocycles. The highest BCUT2D eigenvalue weighted by Gasteiger charge is 2.30. The topological polar surface area (TPSA) is 91.6 Å². The molecule has 0 aliphatic rings. The minimum atomic E-state index is -3.64. The molecule has 3 N–H and O–H groups in total. The number of hydrazine groups is 1. The zero-order chi connectivity index (χ0) is 15.3. The van der Waals surface area contributed by atoms with Gasteiger partial charge in [-0.15, -0.1) is 0 Å². The minimum Gasteiger partial charge on any atom is -0.308 e. The second-order valence-corrected chi connectivity index (χ2v) is 6.67. The number of likely N-dealkylation sites (N-methyl/N-ethyl adjacent to an activating group) is 2. The lowest BCUT2D eigenvalue weighted by Crippen LogP contribution is -2.43. The number of pyridine rings is 1. The molecule has 20 heavy (non-hydrogen) atoms. The van der Waals surface area contributed by atoms with Crippen molar-refractivity contribution in [1.82, 2.24) is 14.2 Å². The fourth-order valence-electron chi connectivity index (χ4n) is 2.17. The van der Waals surface area contributed by atoms with Gasteiger partial charge in [0.1, 0.15) is 4.90 Å². The van der Waals surface area contributed by atoms with E-state index in [1.807, 2.05) is 32.8 Å². The summed E-state index contributed by atoms with van der Waals surface area (Å²) in [5.41, 5.74) is 2.33. The van der Waals surface area contributed by atoms with Crippen LogP contribution in [0.25, 0.3) is 0 Å². The number of anilines is 1. The van der Waals surface area contributed by atoms with Crippen molar-refractivity contribution in [3.05, 3.63) is 18.3 Å². The van der Waals surface area contributed by atoms with Gasteiger partial charge in [-0.05, 0) is 33.2 Å². The standard InChI is InChI=1S/C12H23N5O2S/c1-5-17(10(2)9-16(3)4)20(18,19)11-7-6-8-14-12(11)15-13/h6-8,10H,5,9,13H2,1-4H3,(H,14,15). The van der Waals surface area contributed by atoms with Crippen LogP contribution in [0.4, 0.5) is 5.82 Å². The van der Waals surface area contributed by atoms with Crippen LogP contribution in [0.5, 0.6) is 0 Å². The van der Waals surface area contributed by atoms with Crippen LogP contribution in [0.2, 0.25) is 0 Å². The van der Waals surface area contributed by atoms with Gasteiger partial charge in [0.2, 0.25) is 10.0 Å². The van der Waals surface area contributed by atoms with E-state index in [4.69, 9.17) is 5.84 Å². The summed E-state index contributed by atoms with van der Waals surface area (Å²) in [6, 6.07) is 2.94. The molecular formula is C12H23N5O2S. The molecule has 0 fully saturated rings. The lowest BCUT2D eigenvalue weighted by molar-refractivity contribution is 0.271. The molecule has 0 aliphatic heterocycles. The SMILES string of the molecule is CCN(C(C)CN(C)C)S(=O)(=O)c1cccnc1NN. The van der Waals surface area contributed by atoms with E-state index in [-0.39, 0.29) is 16.8 Å². The summed E-state index contributed by atoms with van der Waals surface area (Å²) < 4.78 is 26.9. The van der Waals surface area contributed by atoms with Crippen LogP contribution in [-0.4, -0.2) is 55.8 Å². The maximum absolute atomic E-state index is 12.7. The van der Waals surface area contributed by atoms with Crippen LogP contribution < -0.4 is 11.3 Å². The molecule has 1 unspecified atom stereocenters. The van der Waals surface area contributed by atoms with Gasteiger partial charge in [-0.2, -0.15) is 4.31 Å². The fourth-order valence-corrected chi connectivity index (χ4v) is 3.91. The van der Waals surface area contributed by atoms with Gasteiger partial charge < -0.3 is 10.3 Å². The minimum absolute atomic E-state index is 0.0926. The van der Waals surface area contributed by atoms with E-state index in [1.54, 1.807) is 6.07 Å². The van der Waals surface area contributed by atoms with E-state index in [2.05, 4.69) is 10.4 Å². The smallest absolute Gasteiger partial charge is 0.247 e. The molecule has 1 heterocycles. The van der Waals surface area contributed by atoms with Crippen molar-refractivity contribution in [3.8, 4) is 0 Å². The number of sulfonamides is 1. The van der Waals surface area contributed by atoms with Crippen LogP contribution >= 0.6 is 0 Å². The third-order valence-corrected chi connectivity index (χ3v) is 5.05. The number of nitrogens with zero attached hydrogens (tertiary/aromatic N) is 3. The monoisotopic (exact) mass is 301 g/mol. The second kappa shape index (κ2) is 6.98. The zero-order valence-electron chi connectivity index (χ0n) is 12.4. The fraction of sp³-hybridized carbons (Fsp3) is 0.583. The van der Waals surface area contributed by atoms with Crippen molar-refractivity contribution < 1.29 is 8.42 Å². The quantitative estimate of drug-likeness (QED) is 0.557. The molecule has 1 atom stereocenters. The van der Waals surface area contributed by atoms with Crippen LogP contribution in [0, 0.1) is 0 Å². The average molecular weight is 301 g/mol. The largest absolute Gasteiger partial charge is 0.308 e. The molecule has 0 amide bonds. The van der Waals surface area contributed by atoms with Crippen molar-refractivity contribution in [3.63, 3.8) is 0 Å². The highest BCUT2D eigenvalue weighted by molar-refractivity contribution is 7.89. The summed E-state index contributed by atoms with van der Waals surface area (Å²) >= 11 is 0. The van der Waals surface area contributed by atoms with E-state index in [0.29, 0.717) is 13.1 Å².